The Bertz CT molecular complexity index is 547. The lowest BCUT2D eigenvalue weighted by Crippen LogP contribution is -2.12. The van der Waals surface area contributed by atoms with Crippen molar-refractivity contribution < 1.29 is 4.74 Å². The van der Waals surface area contributed by atoms with E-state index in [0.717, 1.165) is 24.3 Å². The van der Waals surface area contributed by atoms with Gasteiger partial charge in [-0.3, -0.25) is 0 Å². The number of rotatable bonds is 5. The monoisotopic (exact) mass is 275 g/mol. The molecule has 1 heterocycles. The van der Waals surface area contributed by atoms with Crippen LogP contribution in [0.2, 0.25) is 0 Å². The molecule has 1 atom stereocenters. The number of nitrogens with two attached hydrogens (primary N) is 1. The lowest BCUT2D eigenvalue weighted by atomic mass is 10.00. The fraction of sp³-hybridized carbons (Fsp3) is 0.375. The summed E-state index contributed by atoms with van der Waals surface area (Å²) >= 11 is 1.80. The second-order valence-corrected chi connectivity index (χ2v) is 6.23. The molecule has 0 spiro atoms. The lowest BCUT2D eigenvalue weighted by Gasteiger charge is -2.14. The smallest absolute Gasteiger partial charge is 0.119 e. The fourth-order valence-electron chi connectivity index (χ4n) is 2.16. The summed E-state index contributed by atoms with van der Waals surface area (Å²) < 4.78 is 5.66. The van der Waals surface area contributed by atoms with Gasteiger partial charge in [0.25, 0.3) is 0 Å². The fourth-order valence-corrected chi connectivity index (χ4v) is 3.13. The minimum atomic E-state index is -0.0740. The molecule has 0 bridgehead atoms. The van der Waals surface area contributed by atoms with Crippen LogP contribution < -0.4 is 10.5 Å². The zero-order valence-electron chi connectivity index (χ0n) is 11.8. The first-order valence-electron chi connectivity index (χ1n) is 6.67. The van der Waals surface area contributed by atoms with Crippen molar-refractivity contribution >= 4 is 11.3 Å². The Morgan fingerprint density at radius 2 is 2.05 bits per heavy atom. The van der Waals surface area contributed by atoms with E-state index in [4.69, 9.17) is 10.5 Å². The maximum atomic E-state index is 6.38. The van der Waals surface area contributed by atoms with E-state index in [-0.39, 0.29) is 6.04 Å². The summed E-state index contributed by atoms with van der Waals surface area (Å²) in [6, 6.07) is 10.2. The van der Waals surface area contributed by atoms with E-state index in [1.807, 2.05) is 18.2 Å². The van der Waals surface area contributed by atoms with Crippen LogP contribution in [0.25, 0.3) is 0 Å². The molecular weight excluding hydrogens is 254 g/mol. The Hall–Kier alpha value is -1.32. The number of aryl methyl sites for hydroxylation is 2. The van der Waals surface area contributed by atoms with E-state index < -0.39 is 0 Å². The molecule has 0 amide bonds. The van der Waals surface area contributed by atoms with Crippen molar-refractivity contribution in [2.24, 2.45) is 5.73 Å². The lowest BCUT2D eigenvalue weighted by molar-refractivity contribution is 0.317. The SMILES string of the molecule is CCCOc1cccc(C(N)c2cc(C)sc2C)c1. The molecule has 2 aromatic rings. The molecule has 0 aliphatic heterocycles. The molecule has 0 aliphatic carbocycles. The molecule has 1 aromatic carbocycles. The third-order valence-corrected chi connectivity index (χ3v) is 4.09. The number of hydrogen-bond donors (Lipinski definition) is 1. The van der Waals surface area contributed by atoms with Gasteiger partial charge in [-0.15, -0.1) is 11.3 Å². The van der Waals surface area contributed by atoms with E-state index in [2.05, 4.69) is 32.9 Å². The van der Waals surface area contributed by atoms with Gasteiger partial charge in [0.2, 0.25) is 0 Å². The largest absolute Gasteiger partial charge is 0.494 e. The van der Waals surface area contributed by atoms with Gasteiger partial charge in [-0.1, -0.05) is 19.1 Å². The molecule has 19 heavy (non-hydrogen) atoms. The first-order chi connectivity index (χ1) is 9.11. The van der Waals surface area contributed by atoms with Crippen LogP contribution in [-0.4, -0.2) is 6.61 Å². The van der Waals surface area contributed by atoms with Crippen LogP contribution in [0.1, 0.15) is 40.3 Å². The van der Waals surface area contributed by atoms with Crippen molar-refractivity contribution in [2.75, 3.05) is 6.61 Å². The van der Waals surface area contributed by atoms with Crippen molar-refractivity contribution in [1.82, 2.24) is 0 Å². The van der Waals surface area contributed by atoms with Crippen LogP contribution in [0.15, 0.2) is 30.3 Å². The summed E-state index contributed by atoms with van der Waals surface area (Å²) in [5.41, 5.74) is 8.70. The number of benzene rings is 1. The maximum absolute atomic E-state index is 6.38. The zero-order chi connectivity index (χ0) is 13.8. The maximum Gasteiger partial charge on any atom is 0.119 e. The Balaban J connectivity index is 2.23. The van der Waals surface area contributed by atoms with Gasteiger partial charge in [0.15, 0.2) is 0 Å². The van der Waals surface area contributed by atoms with E-state index >= 15 is 0 Å². The van der Waals surface area contributed by atoms with Crippen molar-refractivity contribution in [1.29, 1.82) is 0 Å². The Kier molecular flexibility index (Phi) is 4.61. The molecule has 0 fully saturated rings. The molecule has 0 saturated carbocycles. The summed E-state index contributed by atoms with van der Waals surface area (Å²) in [6.45, 7) is 7.10. The van der Waals surface area contributed by atoms with Gasteiger partial charge in [0.05, 0.1) is 12.6 Å². The van der Waals surface area contributed by atoms with Gasteiger partial charge in [-0.25, -0.2) is 0 Å². The highest BCUT2D eigenvalue weighted by molar-refractivity contribution is 7.12. The minimum Gasteiger partial charge on any atom is -0.494 e. The molecule has 3 heteroatoms. The second-order valence-electron chi connectivity index (χ2n) is 4.77. The van der Waals surface area contributed by atoms with E-state index in [0.29, 0.717) is 0 Å². The van der Waals surface area contributed by atoms with Gasteiger partial charge in [0.1, 0.15) is 5.75 Å². The summed E-state index contributed by atoms with van der Waals surface area (Å²) in [4.78, 5) is 2.60. The average molecular weight is 275 g/mol. The second kappa shape index (κ2) is 6.22. The van der Waals surface area contributed by atoms with E-state index in [9.17, 15) is 0 Å². The Morgan fingerprint density at radius 3 is 2.68 bits per heavy atom. The zero-order valence-corrected chi connectivity index (χ0v) is 12.6. The highest BCUT2D eigenvalue weighted by Gasteiger charge is 2.14. The summed E-state index contributed by atoms with van der Waals surface area (Å²) in [6.07, 6.45) is 1.01. The molecule has 0 saturated heterocycles. The average Bonchev–Trinajstić information content (AvgIpc) is 2.75. The first kappa shape index (κ1) is 14.1. The molecule has 2 nitrogen and oxygen atoms in total. The van der Waals surface area contributed by atoms with Crippen LogP contribution in [0.4, 0.5) is 0 Å². The normalized spacial score (nSPS) is 12.4. The predicted molar refractivity (Wildman–Crippen MR) is 82.1 cm³/mol. The molecule has 1 unspecified atom stereocenters. The molecule has 2 rings (SSSR count). The Labute approximate surface area is 119 Å². The van der Waals surface area contributed by atoms with E-state index in [1.165, 1.54) is 15.3 Å². The van der Waals surface area contributed by atoms with Crippen molar-refractivity contribution in [3.05, 3.63) is 51.2 Å². The van der Waals surface area contributed by atoms with Crippen LogP contribution >= 0.6 is 11.3 Å². The quantitative estimate of drug-likeness (QED) is 0.887. The van der Waals surface area contributed by atoms with Crippen LogP contribution in [0.5, 0.6) is 5.75 Å². The van der Waals surface area contributed by atoms with Crippen molar-refractivity contribution in [2.45, 2.75) is 33.2 Å². The number of hydrogen-bond acceptors (Lipinski definition) is 3. The van der Waals surface area contributed by atoms with Crippen molar-refractivity contribution in [3.63, 3.8) is 0 Å². The van der Waals surface area contributed by atoms with Crippen LogP contribution in [0.3, 0.4) is 0 Å². The molecule has 0 aliphatic rings. The third-order valence-electron chi connectivity index (χ3n) is 3.10. The minimum absolute atomic E-state index is 0.0740. The molecule has 2 N–H and O–H groups in total. The molecule has 0 radical (unpaired) electrons. The molecular formula is C16H21NOS. The first-order valence-corrected chi connectivity index (χ1v) is 7.48. The standard InChI is InChI=1S/C16H21NOS/c1-4-8-18-14-7-5-6-13(10-14)16(17)15-9-11(2)19-12(15)3/h5-7,9-10,16H,4,8,17H2,1-3H3. The summed E-state index contributed by atoms with van der Waals surface area (Å²) in [5.74, 6) is 0.902. The van der Waals surface area contributed by atoms with Gasteiger partial charge in [-0.2, -0.15) is 0 Å². The highest BCUT2D eigenvalue weighted by Crippen LogP contribution is 2.30. The van der Waals surface area contributed by atoms with Gasteiger partial charge >= 0.3 is 0 Å². The van der Waals surface area contributed by atoms with Gasteiger partial charge < -0.3 is 10.5 Å². The predicted octanol–water partition coefficient (Wildman–Crippen LogP) is 4.20. The van der Waals surface area contributed by atoms with E-state index in [1.54, 1.807) is 11.3 Å². The number of ether oxygens (including phenoxy) is 1. The Morgan fingerprint density at radius 1 is 1.26 bits per heavy atom. The van der Waals surface area contributed by atoms with Crippen molar-refractivity contribution in [3.8, 4) is 5.75 Å². The highest BCUT2D eigenvalue weighted by atomic mass is 32.1. The van der Waals surface area contributed by atoms with Gasteiger partial charge in [-0.05, 0) is 49.6 Å². The third kappa shape index (κ3) is 3.37. The van der Waals surface area contributed by atoms with Gasteiger partial charge in [0, 0.05) is 9.75 Å². The topological polar surface area (TPSA) is 35.2 Å². The number of thiophene rings is 1. The summed E-state index contributed by atoms with van der Waals surface area (Å²) in [5, 5.41) is 0. The molecule has 102 valence electrons. The summed E-state index contributed by atoms with van der Waals surface area (Å²) in [7, 11) is 0. The van der Waals surface area contributed by atoms with Crippen LogP contribution in [0, 0.1) is 13.8 Å². The van der Waals surface area contributed by atoms with Crippen LogP contribution in [-0.2, 0) is 0 Å². The molecule has 1 aromatic heterocycles.